The highest BCUT2D eigenvalue weighted by Crippen LogP contribution is 2.18. The second-order valence-electron chi connectivity index (χ2n) is 5.26. The Morgan fingerprint density at radius 2 is 2.16 bits per heavy atom. The molecule has 1 aliphatic heterocycles. The number of carbonyl (C=O) groups excluding carboxylic acids is 1. The fourth-order valence-corrected chi connectivity index (χ4v) is 2.51. The standard InChI is InChI=1S/C15H22N2O2/c1-17-9-2-3-13(11-17)15(19)16-14-6-4-12(5-7-14)8-10-18/h4-7,13,18H,2-3,8-11H2,1H3,(H,16,19). The summed E-state index contributed by atoms with van der Waals surface area (Å²) in [5.74, 6) is 0.206. The summed E-state index contributed by atoms with van der Waals surface area (Å²) in [6, 6.07) is 7.68. The molecule has 2 N–H and O–H groups in total. The second kappa shape index (κ2) is 6.68. The third kappa shape index (κ3) is 4.04. The van der Waals surface area contributed by atoms with Crippen LogP contribution in [0.5, 0.6) is 0 Å². The van der Waals surface area contributed by atoms with E-state index in [0.717, 1.165) is 37.2 Å². The minimum absolute atomic E-state index is 0.0934. The number of benzene rings is 1. The van der Waals surface area contributed by atoms with E-state index >= 15 is 0 Å². The van der Waals surface area contributed by atoms with E-state index in [9.17, 15) is 4.79 Å². The smallest absolute Gasteiger partial charge is 0.228 e. The summed E-state index contributed by atoms with van der Waals surface area (Å²) in [6.07, 6.45) is 2.71. The van der Waals surface area contributed by atoms with E-state index < -0.39 is 0 Å². The van der Waals surface area contributed by atoms with Crippen LogP contribution in [0.15, 0.2) is 24.3 Å². The molecule has 1 unspecified atom stereocenters. The first-order chi connectivity index (χ1) is 9.19. The van der Waals surface area contributed by atoms with Crippen molar-refractivity contribution in [2.75, 3.05) is 32.1 Å². The molecule has 19 heavy (non-hydrogen) atoms. The van der Waals surface area contributed by atoms with Crippen LogP contribution < -0.4 is 5.32 Å². The van der Waals surface area contributed by atoms with Crippen molar-refractivity contribution in [1.29, 1.82) is 0 Å². The van der Waals surface area contributed by atoms with Crippen LogP contribution in [0.1, 0.15) is 18.4 Å². The SMILES string of the molecule is CN1CCCC(C(=O)Nc2ccc(CCO)cc2)C1. The second-order valence-corrected chi connectivity index (χ2v) is 5.26. The number of aliphatic hydroxyl groups excluding tert-OH is 1. The van der Waals surface area contributed by atoms with Gasteiger partial charge in [-0.2, -0.15) is 0 Å². The van der Waals surface area contributed by atoms with E-state index in [2.05, 4.69) is 17.3 Å². The molecule has 0 aromatic heterocycles. The third-order valence-electron chi connectivity index (χ3n) is 3.62. The van der Waals surface area contributed by atoms with Crippen molar-refractivity contribution in [3.8, 4) is 0 Å². The molecule has 1 amide bonds. The Kier molecular flexibility index (Phi) is 4.93. The summed E-state index contributed by atoms with van der Waals surface area (Å²) in [5.41, 5.74) is 1.91. The van der Waals surface area contributed by atoms with Crippen LogP contribution in [-0.4, -0.2) is 42.7 Å². The van der Waals surface area contributed by atoms with Crippen molar-refractivity contribution in [3.63, 3.8) is 0 Å². The van der Waals surface area contributed by atoms with Crippen LogP contribution in [0.3, 0.4) is 0 Å². The number of nitrogens with zero attached hydrogens (tertiary/aromatic N) is 1. The molecular formula is C15H22N2O2. The third-order valence-corrected chi connectivity index (χ3v) is 3.62. The number of carbonyl (C=O) groups is 1. The molecule has 4 heteroatoms. The molecule has 1 heterocycles. The molecular weight excluding hydrogens is 240 g/mol. The monoisotopic (exact) mass is 262 g/mol. The summed E-state index contributed by atoms with van der Waals surface area (Å²) >= 11 is 0. The zero-order valence-corrected chi connectivity index (χ0v) is 11.4. The molecule has 0 saturated carbocycles. The summed E-state index contributed by atoms with van der Waals surface area (Å²) in [7, 11) is 2.06. The van der Waals surface area contributed by atoms with E-state index in [0.29, 0.717) is 6.42 Å². The topological polar surface area (TPSA) is 52.6 Å². The predicted molar refractivity (Wildman–Crippen MR) is 76.1 cm³/mol. The van der Waals surface area contributed by atoms with E-state index in [1.54, 1.807) is 0 Å². The summed E-state index contributed by atoms with van der Waals surface area (Å²) in [4.78, 5) is 14.4. The summed E-state index contributed by atoms with van der Waals surface area (Å²) < 4.78 is 0. The van der Waals surface area contributed by atoms with E-state index in [-0.39, 0.29) is 18.4 Å². The zero-order valence-electron chi connectivity index (χ0n) is 11.4. The normalized spacial score (nSPS) is 20.2. The molecule has 1 aliphatic rings. The van der Waals surface area contributed by atoms with E-state index in [1.165, 1.54) is 0 Å². The Morgan fingerprint density at radius 3 is 2.79 bits per heavy atom. The van der Waals surface area contributed by atoms with Crippen molar-refractivity contribution in [3.05, 3.63) is 29.8 Å². The molecule has 1 atom stereocenters. The van der Waals surface area contributed by atoms with Gasteiger partial charge in [0, 0.05) is 18.8 Å². The lowest BCUT2D eigenvalue weighted by Crippen LogP contribution is -2.38. The number of amides is 1. The maximum Gasteiger partial charge on any atom is 0.228 e. The van der Waals surface area contributed by atoms with Crippen molar-refractivity contribution < 1.29 is 9.90 Å². The molecule has 0 bridgehead atoms. The minimum Gasteiger partial charge on any atom is -0.396 e. The number of nitrogens with one attached hydrogen (secondary N) is 1. The van der Waals surface area contributed by atoms with Crippen molar-refractivity contribution in [2.45, 2.75) is 19.3 Å². The van der Waals surface area contributed by atoms with Gasteiger partial charge in [-0.05, 0) is 50.6 Å². The number of aliphatic hydroxyl groups is 1. The lowest BCUT2D eigenvalue weighted by Gasteiger charge is -2.28. The largest absolute Gasteiger partial charge is 0.396 e. The average Bonchev–Trinajstić information content (AvgIpc) is 2.41. The maximum absolute atomic E-state index is 12.1. The number of hydrogen-bond donors (Lipinski definition) is 2. The highest BCUT2D eigenvalue weighted by Gasteiger charge is 2.23. The number of hydrogen-bond acceptors (Lipinski definition) is 3. The van der Waals surface area contributed by atoms with Crippen LogP contribution in [0.25, 0.3) is 0 Å². The van der Waals surface area contributed by atoms with Crippen LogP contribution in [0, 0.1) is 5.92 Å². The van der Waals surface area contributed by atoms with Gasteiger partial charge in [-0.3, -0.25) is 4.79 Å². The van der Waals surface area contributed by atoms with Gasteiger partial charge >= 0.3 is 0 Å². The Labute approximate surface area is 114 Å². The Bertz CT molecular complexity index is 417. The molecule has 4 nitrogen and oxygen atoms in total. The van der Waals surface area contributed by atoms with Crippen molar-refractivity contribution in [1.82, 2.24) is 4.90 Å². The van der Waals surface area contributed by atoms with Gasteiger partial charge in [0.05, 0.1) is 5.92 Å². The van der Waals surface area contributed by atoms with Gasteiger partial charge in [0.25, 0.3) is 0 Å². The molecule has 104 valence electrons. The van der Waals surface area contributed by atoms with Crippen molar-refractivity contribution in [2.24, 2.45) is 5.92 Å². The van der Waals surface area contributed by atoms with E-state index in [4.69, 9.17) is 5.11 Å². The average molecular weight is 262 g/mol. The highest BCUT2D eigenvalue weighted by atomic mass is 16.2. The van der Waals surface area contributed by atoms with Crippen LogP contribution in [0.4, 0.5) is 5.69 Å². The Hall–Kier alpha value is -1.39. The van der Waals surface area contributed by atoms with Gasteiger partial charge in [-0.1, -0.05) is 12.1 Å². The fourth-order valence-electron chi connectivity index (χ4n) is 2.51. The molecule has 2 rings (SSSR count). The molecule has 1 saturated heterocycles. The number of rotatable bonds is 4. The summed E-state index contributed by atoms with van der Waals surface area (Å²) in [5, 5.41) is 11.8. The molecule has 0 spiro atoms. The molecule has 1 fully saturated rings. The van der Waals surface area contributed by atoms with Gasteiger partial charge < -0.3 is 15.3 Å². The number of piperidine rings is 1. The molecule has 1 aromatic rings. The fraction of sp³-hybridized carbons (Fsp3) is 0.533. The molecule has 1 aromatic carbocycles. The predicted octanol–water partition coefficient (Wildman–Crippen LogP) is 1.50. The Balaban J connectivity index is 1.90. The maximum atomic E-state index is 12.1. The van der Waals surface area contributed by atoms with Gasteiger partial charge in [-0.15, -0.1) is 0 Å². The van der Waals surface area contributed by atoms with E-state index in [1.807, 2.05) is 24.3 Å². The zero-order chi connectivity index (χ0) is 13.7. The quantitative estimate of drug-likeness (QED) is 0.864. The van der Waals surface area contributed by atoms with Crippen LogP contribution in [0.2, 0.25) is 0 Å². The molecule has 0 radical (unpaired) electrons. The minimum atomic E-state index is 0.0934. The van der Waals surface area contributed by atoms with Crippen LogP contribution >= 0.6 is 0 Å². The van der Waals surface area contributed by atoms with Gasteiger partial charge in [-0.25, -0.2) is 0 Å². The van der Waals surface area contributed by atoms with Gasteiger partial charge in [0.1, 0.15) is 0 Å². The van der Waals surface area contributed by atoms with Crippen LogP contribution in [-0.2, 0) is 11.2 Å². The lowest BCUT2D eigenvalue weighted by molar-refractivity contribution is -0.121. The first-order valence-electron chi connectivity index (χ1n) is 6.88. The lowest BCUT2D eigenvalue weighted by atomic mass is 9.97. The van der Waals surface area contributed by atoms with Gasteiger partial charge in [0.2, 0.25) is 5.91 Å². The van der Waals surface area contributed by atoms with Crippen molar-refractivity contribution >= 4 is 11.6 Å². The number of anilines is 1. The molecule has 0 aliphatic carbocycles. The highest BCUT2D eigenvalue weighted by molar-refractivity contribution is 5.92. The first kappa shape index (κ1) is 14.0. The Morgan fingerprint density at radius 1 is 1.42 bits per heavy atom. The summed E-state index contributed by atoms with van der Waals surface area (Å²) in [6.45, 7) is 2.08. The number of likely N-dealkylation sites (tertiary alicyclic amines) is 1. The van der Waals surface area contributed by atoms with Gasteiger partial charge in [0.15, 0.2) is 0 Å². The first-order valence-corrected chi connectivity index (χ1v) is 6.88.